The number of nitrogens with two attached hydrogens (primary N) is 1. The van der Waals surface area contributed by atoms with Crippen molar-refractivity contribution in [2.75, 3.05) is 12.5 Å². The van der Waals surface area contributed by atoms with Gasteiger partial charge in [0.2, 0.25) is 5.91 Å². The van der Waals surface area contributed by atoms with Crippen molar-refractivity contribution in [3.05, 3.63) is 59.7 Å². The van der Waals surface area contributed by atoms with Gasteiger partial charge in [0.05, 0.1) is 9.79 Å². The van der Waals surface area contributed by atoms with Crippen LogP contribution in [-0.4, -0.2) is 52.6 Å². The Kier molecular flexibility index (Phi) is 6.37. The number of hydrogen-bond donors (Lipinski definition) is 2. The molecule has 0 radical (unpaired) electrons. The first-order valence-electron chi connectivity index (χ1n) is 8.00. The van der Waals surface area contributed by atoms with Crippen molar-refractivity contribution < 1.29 is 26.7 Å². The second-order valence-corrected chi connectivity index (χ2v) is 10.3. The maximum absolute atomic E-state index is 11.7. The van der Waals surface area contributed by atoms with Crippen molar-refractivity contribution >= 4 is 31.8 Å². The van der Waals surface area contributed by atoms with Crippen LogP contribution in [-0.2, 0) is 24.5 Å². The van der Waals surface area contributed by atoms with Crippen LogP contribution in [0.5, 0.6) is 0 Å². The molecule has 3 N–H and O–H groups in total. The van der Waals surface area contributed by atoms with E-state index in [-0.39, 0.29) is 15.4 Å². The van der Waals surface area contributed by atoms with E-state index in [9.17, 15) is 26.7 Å². The van der Waals surface area contributed by atoms with E-state index in [1.807, 2.05) is 0 Å². The van der Waals surface area contributed by atoms with Crippen LogP contribution in [0.3, 0.4) is 0 Å². The highest BCUT2D eigenvalue weighted by molar-refractivity contribution is 7.91. The molecule has 0 aliphatic heterocycles. The number of carbonyl (C=O) groups excluding carboxylic acids is 1. The molecular weight excluding hydrogens is 404 g/mol. The summed E-state index contributed by atoms with van der Waals surface area (Å²) < 4.78 is 45.9. The Hall–Kier alpha value is -2.56. The third kappa shape index (κ3) is 5.47. The maximum Gasteiger partial charge on any atom is 0.245 e. The van der Waals surface area contributed by atoms with Crippen LogP contribution in [0.15, 0.2) is 63.3 Å². The fraction of sp³-hybridized carbons (Fsp3) is 0.222. The monoisotopic (exact) mass is 424 g/mol. The molecule has 0 fully saturated rings. The zero-order chi connectivity index (χ0) is 21.1. The Balaban J connectivity index is 2.25. The van der Waals surface area contributed by atoms with Crippen LogP contribution in [0.4, 0.5) is 0 Å². The fourth-order valence-electron chi connectivity index (χ4n) is 2.37. The molecule has 10 heteroatoms. The number of primary amides is 1. The summed E-state index contributed by atoms with van der Waals surface area (Å²) in [6, 6.07) is 9.90. The number of amides is 1. The second kappa shape index (κ2) is 8.21. The summed E-state index contributed by atoms with van der Waals surface area (Å²) in [5.74, 6) is -0.872. The van der Waals surface area contributed by atoms with Crippen molar-refractivity contribution in [1.82, 2.24) is 0 Å². The summed E-state index contributed by atoms with van der Waals surface area (Å²) >= 11 is 0. The van der Waals surface area contributed by atoms with E-state index in [0.717, 1.165) is 12.5 Å². The summed E-state index contributed by atoms with van der Waals surface area (Å²) in [7, 11) is -6.72. The highest BCUT2D eigenvalue weighted by Gasteiger charge is 2.25. The number of sulfone groups is 2. The smallest absolute Gasteiger partial charge is 0.245 e. The Morgan fingerprint density at radius 3 is 1.75 bits per heavy atom. The van der Waals surface area contributed by atoms with Crippen LogP contribution in [0.25, 0.3) is 0 Å². The Bertz CT molecular complexity index is 1090. The SMILES string of the molecule is CS(=O)(=O)c1ccc(C=NC(C(N)=O)C(O)c2ccc(S(C)(=O)=O)cc2)cc1. The lowest BCUT2D eigenvalue weighted by molar-refractivity contribution is -0.121. The molecule has 8 nitrogen and oxygen atoms in total. The molecule has 0 saturated carbocycles. The van der Waals surface area contributed by atoms with Gasteiger partial charge in [0, 0.05) is 18.7 Å². The predicted molar refractivity (Wildman–Crippen MR) is 105 cm³/mol. The number of aliphatic hydroxyl groups excluding tert-OH is 1. The largest absolute Gasteiger partial charge is 0.386 e. The molecule has 0 bridgehead atoms. The lowest BCUT2D eigenvalue weighted by Gasteiger charge is -2.17. The zero-order valence-corrected chi connectivity index (χ0v) is 16.8. The molecule has 150 valence electrons. The number of aliphatic hydroxyl groups is 1. The molecule has 2 aromatic rings. The minimum atomic E-state index is -3.39. The molecule has 0 heterocycles. The van der Waals surface area contributed by atoms with E-state index in [2.05, 4.69) is 4.99 Å². The summed E-state index contributed by atoms with van der Waals surface area (Å²) in [5.41, 5.74) is 6.12. The predicted octanol–water partition coefficient (Wildman–Crippen LogP) is 0.500. The summed E-state index contributed by atoms with van der Waals surface area (Å²) in [6.45, 7) is 0. The number of aliphatic imine (C=N–C) groups is 1. The molecular formula is C18H20N2O6S2. The van der Waals surface area contributed by atoms with E-state index in [1.54, 1.807) is 0 Å². The van der Waals surface area contributed by atoms with Crippen molar-refractivity contribution in [2.45, 2.75) is 21.9 Å². The molecule has 1 amide bonds. The minimum Gasteiger partial charge on any atom is -0.386 e. The first-order valence-corrected chi connectivity index (χ1v) is 11.8. The quantitative estimate of drug-likeness (QED) is 0.619. The standard InChI is InChI=1S/C18H20N2O6S2/c1-27(23,24)14-7-3-12(4-8-14)11-20-16(18(19)22)17(21)13-5-9-15(10-6-13)28(2,25)26/h3-11,16-17,21H,1-2H3,(H2,19,22). The normalized spacial score (nSPS) is 14.7. The third-order valence-electron chi connectivity index (χ3n) is 3.93. The number of nitrogens with zero attached hydrogens (tertiary/aromatic N) is 1. The number of carbonyl (C=O) groups is 1. The molecule has 0 aliphatic rings. The minimum absolute atomic E-state index is 0.0774. The van der Waals surface area contributed by atoms with Gasteiger partial charge in [-0.05, 0) is 35.4 Å². The highest BCUT2D eigenvalue weighted by Crippen LogP contribution is 2.21. The summed E-state index contributed by atoms with van der Waals surface area (Å²) in [6.07, 6.45) is 2.07. The molecule has 2 rings (SSSR count). The second-order valence-electron chi connectivity index (χ2n) is 6.25. The van der Waals surface area contributed by atoms with Crippen molar-refractivity contribution in [3.8, 4) is 0 Å². The van der Waals surface area contributed by atoms with Gasteiger partial charge < -0.3 is 10.8 Å². The van der Waals surface area contributed by atoms with Crippen LogP contribution in [0.1, 0.15) is 17.2 Å². The van der Waals surface area contributed by atoms with E-state index in [1.165, 1.54) is 54.7 Å². The molecule has 28 heavy (non-hydrogen) atoms. The van der Waals surface area contributed by atoms with Gasteiger partial charge in [-0.25, -0.2) is 16.8 Å². The topological polar surface area (TPSA) is 144 Å². The van der Waals surface area contributed by atoms with Crippen molar-refractivity contribution in [3.63, 3.8) is 0 Å². The van der Waals surface area contributed by atoms with Gasteiger partial charge in [0.25, 0.3) is 0 Å². The van der Waals surface area contributed by atoms with E-state index in [0.29, 0.717) is 5.56 Å². The average Bonchev–Trinajstić information content (AvgIpc) is 2.60. The van der Waals surface area contributed by atoms with Crippen LogP contribution in [0.2, 0.25) is 0 Å². The van der Waals surface area contributed by atoms with Gasteiger partial charge in [-0.3, -0.25) is 9.79 Å². The van der Waals surface area contributed by atoms with Crippen LogP contribution in [0, 0.1) is 0 Å². The van der Waals surface area contributed by atoms with Gasteiger partial charge in [0.15, 0.2) is 25.7 Å². The summed E-state index contributed by atoms with van der Waals surface area (Å²) in [4.78, 5) is 16.0. The van der Waals surface area contributed by atoms with Gasteiger partial charge in [-0.15, -0.1) is 0 Å². The molecule has 0 saturated heterocycles. The molecule has 0 aromatic heterocycles. The average molecular weight is 425 g/mol. The fourth-order valence-corrected chi connectivity index (χ4v) is 3.63. The van der Waals surface area contributed by atoms with Crippen LogP contribution < -0.4 is 5.73 Å². The lowest BCUT2D eigenvalue weighted by atomic mass is 10.0. The molecule has 2 unspecified atom stereocenters. The van der Waals surface area contributed by atoms with E-state index in [4.69, 9.17) is 5.73 Å². The lowest BCUT2D eigenvalue weighted by Crippen LogP contribution is -2.32. The Morgan fingerprint density at radius 1 is 0.929 bits per heavy atom. The molecule has 0 spiro atoms. The highest BCUT2D eigenvalue weighted by atomic mass is 32.2. The van der Waals surface area contributed by atoms with E-state index >= 15 is 0 Å². The number of hydrogen-bond acceptors (Lipinski definition) is 7. The van der Waals surface area contributed by atoms with Gasteiger partial charge in [-0.1, -0.05) is 24.3 Å². The maximum atomic E-state index is 11.7. The van der Waals surface area contributed by atoms with E-state index < -0.39 is 37.7 Å². The summed E-state index contributed by atoms with van der Waals surface area (Å²) in [5, 5.41) is 10.4. The first-order chi connectivity index (χ1) is 12.9. The molecule has 2 aromatic carbocycles. The molecule has 2 atom stereocenters. The van der Waals surface area contributed by atoms with Gasteiger partial charge in [-0.2, -0.15) is 0 Å². The number of rotatable bonds is 7. The Labute approximate surface area is 163 Å². The zero-order valence-electron chi connectivity index (χ0n) is 15.2. The molecule has 0 aliphatic carbocycles. The first kappa shape index (κ1) is 21.7. The van der Waals surface area contributed by atoms with Crippen molar-refractivity contribution in [1.29, 1.82) is 0 Å². The van der Waals surface area contributed by atoms with Crippen LogP contribution >= 0.6 is 0 Å². The van der Waals surface area contributed by atoms with Gasteiger partial charge in [0.1, 0.15) is 6.10 Å². The van der Waals surface area contributed by atoms with Crippen molar-refractivity contribution in [2.24, 2.45) is 10.7 Å². The third-order valence-corrected chi connectivity index (χ3v) is 6.19. The van der Waals surface area contributed by atoms with Gasteiger partial charge >= 0.3 is 0 Å². The Morgan fingerprint density at radius 2 is 1.36 bits per heavy atom. The number of benzene rings is 2.